The Hall–Kier alpha value is -0.910. The molecule has 0 unspecified atom stereocenters. The van der Waals surface area contributed by atoms with Gasteiger partial charge in [-0.1, -0.05) is 19.3 Å². The monoisotopic (exact) mass is 281 g/mol. The van der Waals surface area contributed by atoms with Crippen LogP contribution in [0.2, 0.25) is 0 Å². The minimum absolute atomic E-state index is 0.103. The molecule has 5 nitrogen and oxygen atoms in total. The minimum Gasteiger partial charge on any atom is -0.394 e. The van der Waals surface area contributed by atoms with Crippen LogP contribution in [0.1, 0.15) is 50.3 Å². The average Bonchev–Trinajstić information content (AvgIpc) is 2.96. The highest BCUT2D eigenvalue weighted by molar-refractivity contribution is 4.99. The standard InChI is InChI=1S/C15H27N3O2/c19-10-12-20-11-4-8-16-13-14-7-9-18(17-14)15-5-2-1-3-6-15/h7,9,15-16,19H,1-6,8,10-13H2. The largest absolute Gasteiger partial charge is 0.394 e. The highest BCUT2D eigenvalue weighted by Gasteiger charge is 2.15. The summed E-state index contributed by atoms with van der Waals surface area (Å²) in [5.41, 5.74) is 1.12. The van der Waals surface area contributed by atoms with E-state index in [2.05, 4.69) is 27.4 Å². The molecule has 1 aromatic rings. The molecule has 0 aromatic carbocycles. The third kappa shape index (κ3) is 5.23. The van der Waals surface area contributed by atoms with Gasteiger partial charge in [-0.3, -0.25) is 4.68 Å². The molecule has 0 bridgehead atoms. The molecule has 114 valence electrons. The summed E-state index contributed by atoms with van der Waals surface area (Å²) >= 11 is 0. The van der Waals surface area contributed by atoms with E-state index in [1.807, 2.05) is 0 Å². The third-order valence-electron chi connectivity index (χ3n) is 3.80. The molecule has 1 aromatic heterocycles. The summed E-state index contributed by atoms with van der Waals surface area (Å²) in [7, 11) is 0. The molecular formula is C15H27N3O2. The highest BCUT2D eigenvalue weighted by atomic mass is 16.5. The van der Waals surface area contributed by atoms with Gasteiger partial charge in [0.2, 0.25) is 0 Å². The van der Waals surface area contributed by atoms with Gasteiger partial charge in [-0.15, -0.1) is 0 Å². The topological polar surface area (TPSA) is 59.3 Å². The number of aliphatic hydroxyl groups is 1. The van der Waals surface area contributed by atoms with Crippen molar-refractivity contribution in [3.63, 3.8) is 0 Å². The van der Waals surface area contributed by atoms with Crippen molar-refractivity contribution in [2.24, 2.45) is 0 Å². The fraction of sp³-hybridized carbons (Fsp3) is 0.800. The van der Waals surface area contributed by atoms with Crippen LogP contribution in [0.4, 0.5) is 0 Å². The Kier molecular flexibility index (Phi) is 7.05. The molecule has 1 heterocycles. The van der Waals surface area contributed by atoms with Crippen LogP contribution < -0.4 is 5.32 Å². The van der Waals surface area contributed by atoms with Crippen LogP contribution in [0.3, 0.4) is 0 Å². The van der Waals surface area contributed by atoms with Gasteiger partial charge < -0.3 is 15.2 Å². The average molecular weight is 281 g/mol. The second-order valence-corrected chi connectivity index (χ2v) is 5.45. The van der Waals surface area contributed by atoms with E-state index in [1.165, 1.54) is 32.1 Å². The summed E-state index contributed by atoms with van der Waals surface area (Å²) in [4.78, 5) is 0. The van der Waals surface area contributed by atoms with Crippen molar-refractivity contribution in [1.82, 2.24) is 15.1 Å². The lowest BCUT2D eigenvalue weighted by Gasteiger charge is -2.21. The number of nitrogens with one attached hydrogen (secondary N) is 1. The maximum absolute atomic E-state index is 8.58. The van der Waals surface area contributed by atoms with Gasteiger partial charge in [0.05, 0.1) is 24.9 Å². The molecule has 20 heavy (non-hydrogen) atoms. The number of rotatable bonds is 9. The van der Waals surface area contributed by atoms with Crippen molar-refractivity contribution >= 4 is 0 Å². The van der Waals surface area contributed by atoms with E-state index in [1.54, 1.807) is 0 Å². The van der Waals surface area contributed by atoms with Gasteiger partial charge in [-0.25, -0.2) is 0 Å². The van der Waals surface area contributed by atoms with Gasteiger partial charge in [-0.05, 0) is 31.9 Å². The Labute approximate surface area is 121 Å². The summed E-state index contributed by atoms with van der Waals surface area (Å²) < 4.78 is 7.36. The first-order chi connectivity index (χ1) is 9.90. The lowest BCUT2D eigenvalue weighted by Crippen LogP contribution is -2.18. The molecule has 1 aliphatic carbocycles. The van der Waals surface area contributed by atoms with E-state index in [4.69, 9.17) is 9.84 Å². The van der Waals surface area contributed by atoms with Crippen LogP contribution in [0.5, 0.6) is 0 Å². The summed E-state index contributed by atoms with van der Waals surface area (Å²) in [6.45, 7) is 2.98. The highest BCUT2D eigenvalue weighted by Crippen LogP contribution is 2.27. The van der Waals surface area contributed by atoms with E-state index in [0.29, 0.717) is 19.3 Å². The molecule has 0 radical (unpaired) electrons. The number of aromatic nitrogens is 2. The van der Waals surface area contributed by atoms with Crippen molar-refractivity contribution in [2.45, 2.75) is 51.1 Å². The Balaban J connectivity index is 1.60. The molecule has 0 atom stereocenters. The van der Waals surface area contributed by atoms with Crippen LogP contribution in [-0.4, -0.2) is 41.3 Å². The van der Waals surface area contributed by atoms with Crippen LogP contribution in [0, 0.1) is 0 Å². The SMILES string of the molecule is OCCOCCCNCc1ccn(C2CCCCC2)n1. The summed E-state index contributed by atoms with van der Waals surface area (Å²) in [5, 5.41) is 16.6. The van der Waals surface area contributed by atoms with E-state index in [9.17, 15) is 0 Å². The number of hydrogen-bond acceptors (Lipinski definition) is 4. The normalized spacial score (nSPS) is 16.6. The molecular weight excluding hydrogens is 254 g/mol. The first-order valence-electron chi connectivity index (χ1n) is 7.83. The lowest BCUT2D eigenvalue weighted by molar-refractivity contribution is 0.0907. The molecule has 0 amide bonds. The van der Waals surface area contributed by atoms with E-state index >= 15 is 0 Å². The predicted octanol–water partition coefficient (Wildman–Crippen LogP) is 1.88. The lowest BCUT2D eigenvalue weighted by atomic mass is 9.96. The smallest absolute Gasteiger partial charge is 0.0762 e. The van der Waals surface area contributed by atoms with Gasteiger partial charge in [0, 0.05) is 19.3 Å². The van der Waals surface area contributed by atoms with Crippen molar-refractivity contribution in [2.75, 3.05) is 26.4 Å². The van der Waals surface area contributed by atoms with Crippen molar-refractivity contribution in [3.05, 3.63) is 18.0 Å². The predicted molar refractivity (Wildman–Crippen MR) is 78.6 cm³/mol. The Bertz CT molecular complexity index is 362. The van der Waals surface area contributed by atoms with Crippen molar-refractivity contribution in [3.8, 4) is 0 Å². The maximum Gasteiger partial charge on any atom is 0.0762 e. The van der Waals surface area contributed by atoms with Crippen LogP contribution in [0.15, 0.2) is 12.3 Å². The number of hydrogen-bond donors (Lipinski definition) is 2. The quantitative estimate of drug-likeness (QED) is 0.679. The van der Waals surface area contributed by atoms with Gasteiger partial charge in [0.15, 0.2) is 0 Å². The van der Waals surface area contributed by atoms with Gasteiger partial charge >= 0.3 is 0 Å². The van der Waals surface area contributed by atoms with Crippen LogP contribution in [0.25, 0.3) is 0 Å². The van der Waals surface area contributed by atoms with Crippen LogP contribution in [-0.2, 0) is 11.3 Å². The second-order valence-electron chi connectivity index (χ2n) is 5.45. The first kappa shape index (κ1) is 15.5. The van der Waals surface area contributed by atoms with Crippen LogP contribution >= 0.6 is 0 Å². The molecule has 1 fully saturated rings. The van der Waals surface area contributed by atoms with Gasteiger partial charge in [-0.2, -0.15) is 5.10 Å². The molecule has 2 N–H and O–H groups in total. The number of nitrogens with zero attached hydrogens (tertiary/aromatic N) is 2. The van der Waals surface area contributed by atoms with Crippen molar-refractivity contribution in [1.29, 1.82) is 0 Å². The molecule has 1 aliphatic rings. The molecule has 0 saturated heterocycles. The summed E-state index contributed by atoms with van der Waals surface area (Å²) in [6.07, 6.45) is 9.69. The molecule has 5 heteroatoms. The van der Waals surface area contributed by atoms with E-state index < -0.39 is 0 Å². The van der Waals surface area contributed by atoms with E-state index in [-0.39, 0.29) is 6.61 Å². The van der Waals surface area contributed by atoms with E-state index in [0.717, 1.165) is 25.2 Å². The number of aliphatic hydroxyl groups excluding tert-OH is 1. The second kappa shape index (κ2) is 9.10. The Morgan fingerprint density at radius 1 is 1.30 bits per heavy atom. The molecule has 0 spiro atoms. The first-order valence-corrected chi connectivity index (χ1v) is 7.83. The van der Waals surface area contributed by atoms with Crippen molar-refractivity contribution < 1.29 is 9.84 Å². The fourth-order valence-corrected chi connectivity index (χ4v) is 2.70. The zero-order valence-corrected chi connectivity index (χ0v) is 12.3. The Morgan fingerprint density at radius 3 is 2.95 bits per heavy atom. The molecule has 2 rings (SSSR count). The molecule has 1 saturated carbocycles. The zero-order chi connectivity index (χ0) is 14.0. The van der Waals surface area contributed by atoms with Gasteiger partial charge in [0.1, 0.15) is 0 Å². The fourth-order valence-electron chi connectivity index (χ4n) is 2.70. The maximum atomic E-state index is 8.58. The minimum atomic E-state index is 0.103. The third-order valence-corrected chi connectivity index (χ3v) is 3.80. The summed E-state index contributed by atoms with van der Waals surface area (Å²) in [5.74, 6) is 0. The molecule has 0 aliphatic heterocycles. The zero-order valence-electron chi connectivity index (χ0n) is 12.3. The Morgan fingerprint density at radius 2 is 2.15 bits per heavy atom. The summed E-state index contributed by atoms with van der Waals surface area (Å²) in [6, 6.07) is 2.73. The number of ether oxygens (including phenoxy) is 1. The van der Waals surface area contributed by atoms with Gasteiger partial charge in [0.25, 0.3) is 0 Å².